The SMILES string of the molecule is Cc1nc(NC(C)C)sc1C(=O)NCc1ccccc1. The third kappa shape index (κ3) is 3.81. The number of benzene rings is 1. The number of aryl methyl sites for hydroxylation is 1. The topological polar surface area (TPSA) is 54.0 Å². The molecule has 0 bridgehead atoms. The molecule has 5 heteroatoms. The molecule has 1 heterocycles. The molecule has 106 valence electrons. The lowest BCUT2D eigenvalue weighted by Gasteiger charge is -2.04. The van der Waals surface area contributed by atoms with Crippen LogP contribution in [0.4, 0.5) is 5.13 Å². The van der Waals surface area contributed by atoms with Gasteiger partial charge in [0.05, 0.1) is 5.69 Å². The maximum Gasteiger partial charge on any atom is 0.263 e. The fraction of sp³-hybridized carbons (Fsp3) is 0.333. The van der Waals surface area contributed by atoms with Crippen molar-refractivity contribution in [2.24, 2.45) is 0 Å². The van der Waals surface area contributed by atoms with E-state index in [9.17, 15) is 4.79 Å². The van der Waals surface area contributed by atoms with E-state index in [-0.39, 0.29) is 5.91 Å². The minimum atomic E-state index is -0.0688. The van der Waals surface area contributed by atoms with Crippen LogP contribution in [0, 0.1) is 6.92 Å². The second kappa shape index (κ2) is 6.52. The minimum Gasteiger partial charge on any atom is -0.359 e. The largest absolute Gasteiger partial charge is 0.359 e. The Balaban J connectivity index is 2.00. The predicted octanol–water partition coefficient (Wildman–Crippen LogP) is 3.20. The summed E-state index contributed by atoms with van der Waals surface area (Å²) < 4.78 is 0. The number of thiazole rings is 1. The molecule has 0 aliphatic carbocycles. The van der Waals surface area contributed by atoms with E-state index >= 15 is 0 Å². The summed E-state index contributed by atoms with van der Waals surface area (Å²) in [6.07, 6.45) is 0. The lowest BCUT2D eigenvalue weighted by Crippen LogP contribution is -2.22. The molecule has 0 aliphatic heterocycles. The van der Waals surface area contributed by atoms with Crippen molar-refractivity contribution in [3.8, 4) is 0 Å². The van der Waals surface area contributed by atoms with Gasteiger partial charge >= 0.3 is 0 Å². The normalized spacial score (nSPS) is 10.6. The molecule has 0 saturated carbocycles. The fourth-order valence-electron chi connectivity index (χ4n) is 1.77. The second-order valence-electron chi connectivity index (χ2n) is 4.90. The van der Waals surface area contributed by atoms with Crippen molar-refractivity contribution in [3.63, 3.8) is 0 Å². The summed E-state index contributed by atoms with van der Waals surface area (Å²) in [5.74, 6) is -0.0688. The van der Waals surface area contributed by atoms with E-state index in [4.69, 9.17) is 0 Å². The summed E-state index contributed by atoms with van der Waals surface area (Å²) in [4.78, 5) is 17.2. The molecule has 2 N–H and O–H groups in total. The molecule has 0 atom stereocenters. The van der Waals surface area contributed by atoms with Gasteiger partial charge in [-0.15, -0.1) is 0 Å². The number of amides is 1. The molecule has 1 amide bonds. The van der Waals surface area contributed by atoms with Gasteiger partial charge in [0.15, 0.2) is 5.13 Å². The Hall–Kier alpha value is -1.88. The summed E-state index contributed by atoms with van der Waals surface area (Å²) in [6, 6.07) is 10.2. The minimum absolute atomic E-state index is 0.0688. The Kier molecular flexibility index (Phi) is 4.74. The first-order valence-corrected chi connectivity index (χ1v) is 7.44. The number of anilines is 1. The van der Waals surface area contributed by atoms with Crippen molar-refractivity contribution in [3.05, 3.63) is 46.5 Å². The van der Waals surface area contributed by atoms with Crippen LogP contribution < -0.4 is 10.6 Å². The smallest absolute Gasteiger partial charge is 0.263 e. The third-order valence-electron chi connectivity index (χ3n) is 2.71. The number of hydrogen-bond acceptors (Lipinski definition) is 4. The van der Waals surface area contributed by atoms with E-state index in [1.165, 1.54) is 11.3 Å². The Morgan fingerprint density at radius 2 is 2.00 bits per heavy atom. The van der Waals surface area contributed by atoms with Crippen LogP contribution in [0.3, 0.4) is 0 Å². The van der Waals surface area contributed by atoms with Crippen molar-refractivity contribution < 1.29 is 4.79 Å². The van der Waals surface area contributed by atoms with Crippen LogP contribution in [0.2, 0.25) is 0 Å². The second-order valence-corrected chi connectivity index (χ2v) is 5.90. The van der Waals surface area contributed by atoms with Gasteiger partial charge in [-0.05, 0) is 26.3 Å². The highest BCUT2D eigenvalue weighted by Crippen LogP contribution is 2.23. The number of nitrogens with zero attached hydrogens (tertiary/aromatic N) is 1. The Morgan fingerprint density at radius 1 is 1.30 bits per heavy atom. The van der Waals surface area contributed by atoms with Gasteiger partial charge in [0.25, 0.3) is 5.91 Å². The maximum atomic E-state index is 12.2. The standard InChI is InChI=1S/C15H19N3OS/c1-10(2)17-15-18-11(3)13(20-15)14(19)16-9-12-7-5-4-6-8-12/h4-8,10H,9H2,1-3H3,(H,16,19)(H,17,18). The molecule has 0 radical (unpaired) electrons. The molecule has 4 nitrogen and oxygen atoms in total. The van der Waals surface area contributed by atoms with Crippen LogP contribution in [0.1, 0.15) is 34.8 Å². The van der Waals surface area contributed by atoms with Gasteiger partial charge in [-0.25, -0.2) is 4.98 Å². The summed E-state index contributed by atoms with van der Waals surface area (Å²) >= 11 is 1.40. The summed E-state index contributed by atoms with van der Waals surface area (Å²) in [7, 11) is 0. The molecule has 0 fully saturated rings. The number of nitrogens with one attached hydrogen (secondary N) is 2. The third-order valence-corrected chi connectivity index (χ3v) is 3.80. The monoisotopic (exact) mass is 289 g/mol. The average molecular weight is 289 g/mol. The highest BCUT2D eigenvalue weighted by molar-refractivity contribution is 7.17. The molecule has 0 aliphatic rings. The number of hydrogen-bond donors (Lipinski definition) is 2. The zero-order valence-electron chi connectivity index (χ0n) is 11.9. The highest BCUT2D eigenvalue weighted by Gasteiger charge is 2.15. The number of aromatic nitrogens is 1. The lowest BCUT2D eigenvalue weighted by molar-refractivity contribution is 0.0954. The van der Waals surface area contributed by atoms with Gasteiger partial charge in [-0.1, -0.05) is 41.7 Å². The molecule has 0 spiro atoms. The van der Waals surface area contributed by atoms with E-state index in [0.29, 0.717) is 17.5 Å². The van der Waals surface area contributed by atoms with E-state index in [0.717, 1.165) is 16.4 Å². The zero-order valence-corrected chi connectivity index (χ0v) is 12.8. The first kappa shape index (κ1) is 14.5. The van der Waals surface area contributed by atoms with Gasteiger partial charge in [-0.3, -0.25) is 4.79 Å². The van der Waals surface area contributed by atoms with Crippen LogP contribution >= 0.6 is 11.3 Å². The van der Waals surface area contributed by atoms with Crippen molar-refractivity contribution >= 4 is 22.4 Å². The van der Waals surface area contributed by atoms with Gasteiger partial charge < -0.3 is 10.6 Å². The van der Waals surface area contributed by atoms with Gasteiger partial charge in [0, 0.05) is 12.6 Å². The lowest BCUT2D eigenvalue weighted by atomic mass is 10.2. The highest BCUT2D eigenvalue weighted by atomic mass is 32.1. The van der Waals surface area contributed by atoms with Crippen molar-refractivity contribution in [2.45, 2.75) is 33.4 Å². The van der Waals surface area contributed by atoms with E-state index in [1.54, 1.807) is 0 Å². The van der Waals surface area contributed by atoms with Crippen LogP contribution in [0.15, 0.2) is 30.3 Å². The summed E-state index contributed by atoms with van der Waals surface area (Å²) in [5, 5.41) is 6.94. The van der Waals surface area contributed by atoms with Gasteiger partial charge in [0.1, 0.15) is 4.88 Å². The molecule has 1 aromatic heterocycles. The average Bonchev–Trinajstić information content (AvgIpc) is 2.77. The molecular weight excluding hydrogens is 270 g/mol. The summed E-state index contributed by atoms with van der Waals surface area (Å²) in [6.45, 7) is 6.49. The molecule has 0 unspecified atom stereocenters. The molecule has 0 saturated heterocycles. The summed E-state index contributed by atoms with van der Waals surface area (Å²) in [5.41, 5.74) is 1.85. The Bertz CT molecular complexity index is 578. The van der Waals surface area contributed by atoms with Crippen LogP contribution in [0.25, 0.3) is 0 Å². The Morgan fingerprint density at radius 3 is 2.65 bits per heavy atom. The van der Waals surface area contributed by atoms with E-state index in [1.807, 2.05) is 51.1 Å². The van der Waals surface area contributed by atoms with Crippen LogP contribution in [-0.2, 0) is 6.54 Å². The van der Waals surface area contributed by atoms with Crippen LogP contribution in [0.5, 0.6) is 0 Å². The van der Waals surface area contributed by atoms with Crippen molar-refractivity contribution in [1.82, 2.24) is 10.3 Å². The molecule has 2 rings (SSSR count). The van der Waals surface area contributed by atoms with Crippen molar-refractivity contribution in [1.29, 1.82) is 0 Å². The van der Waals surface area contributed by atoms with Crippen LogP contribution in [-0.4, -0.2) is 16.9 Å². The molecular formula is C15H19N3OS. The number of carbonyl (C=O) groups excluding carboxylic acids is 1. The predicted molar refractivity (Wildman–Crippen MR) is 83.2 cm³/mol. The quantitative estimate of drug-likeness (QED) is 0.888. The molecule has 2 aromatic rings. The fourth-order valence-corrected chi connectivity index (χ4v) is 2.80. The van der Waals surface area contributed by atoms with Gasteiger partial charge in [0.2, 0.25) is 0 Å². The van der Waals surface area contributed by atoms with Gasteiger partial charge in [-0.2, -0.15) is 0 Å². The number of carbonyl (C=O) groups is 1. The zero-order chi connectivity index (χ0) is 14.5. The van der Waals surface area contributed by atoms with E-state index < -0.39 is 0 Å². The first-order chi connectivity index (χ1) is 9.56. The Labute approximate surface area is 123 Å². The molecule has 1 aromatic carbocycles. The molecule has 20 heavy (non-hydrogen) atoms. The first-order valence-electron chi connectivity index (χ1n) is 6.62. The van der Waals surface area contributed by atoms with Crippen molar-refractivity contribution in [2.75, 3.05) is 5.32 Å². The maximum absolute atomic E-state index is 12.2. The van der Waals surface area contributed by atoms with E-state index in [2.05, 4.69) is 15.6 Å². The number of rotatable bonds is 5.